The molecule has 0 aliphatic rings. The number of hydrogen-bond acceptors (Lipinski definition) is 4. The van der Waals surface area contributed by atoms with Crippen molar-refractivity contribution in [1.82, 2.24) is 9.88 Å². The van der Waals surface area contributed by atoms with Gasteiger partial charge in [0.15, 0.2) is 5.78 Å². The number of benzene rings is 1. The van der Waals surface area contributed by atoms with Gasteiger partial charge in [0.05, 0.1) is 24.4 Å². The smallest absolute Gasteiger partial charge is 0.340 e. The first-order valence-corrected chi connectivity index (χ1v) is 8.84. The number of hydrogen-bond donors (Lipinski definition) is 1. The molecule has 2 rings (SSSR count). The summed E-state index contributed by atoms with van der Waals surface area (Å²) in [6, 6.07) is 3.69. The predicted octanol–water partition coefficient (Wildman–Crippen LogP) is 3.79. The third-order valence-electron chi connectivity index (χ3n) is 4.45. The van der Waals surface area contributed by atoms with Crippen LogP contribution >= 0.6 is 0 Å². The second-order valence-electron chi connectivity index (χ2n) is 6.27. The highest BCUT2D eigenvalue weighted by Crippen LogP contribution is 2.21. The molecular weight excluding hydrogens is 354 g/mol. The number of aryl methyl sites for hydroxylation is 1. The van der Waals surface area contributed by atoms with Crippen molar-refractivity contribution in [3.8, 4) is 0 Å². The monoisotopic (exact) mass is 378 g/mol. The standard InChI is InChI=1S/C20H24F2N2O3/c1-5-24(10-14-15(21)8-7-9-16(14)22)11-17(25)19-12(3)18(13(4)23-19)20(26)27-6-2/h7-9,23H,5-6,10-11H2,1-4H3. The van der Waals surface area contributed by atoms with E-state index in [9.17, 15) is 18.4 Å². The number of carbonyl (C=O) groups is 2. The van der Waals surface area contributed by atoms with Crippen LogP contribution in [0.1, 0.15) is 51.5 Å². The van der Waals surface area contributed by atoms with Crippen LogP contribution in [0.5, 0.6) is 0 Å². The van der Waals surface area contributed by atoms with Crippen LogP contribution < -0.4 is 0 Å². The Hall–Kier alpha value is -2.54. The number of ketones is 1. The Labute approximate surface area is 157 Å². The fourth-order valence-corrected chi connectivity index (χ4v) is 3.01. The van der Waals surface area contributed by atoms with Crippen molar-refractivity contribution in [2.24, 2.45) is 0 Å². The van der Waals surface area contributed by atoms with Gasteiger partial charge >= 0.3 is 5.97 Å². The number of nitrogens with zero attached hydrogens (tertiary/aromatic N) is 1. The van der Waals surface area contributed by atoms with Crippen molar-refractivity contribution >= 4 is 11.8 Å². The number of H-pyrrole nitrogens is 1. The summed E-state index contributed by atoms with van der Waals surface area (Å²) < 4.78 is 32.8. The Kier molecular flexibility index (Phi) is 6.85. The molecule has 0 fully saturated rings. The minimum atomic E-state index is -0.641. The first-order valence-electron chi connectivity index (χ1n) is 8.84. The topological polar surface area (TPSA) is 62.4 Å². The van der Waals surface area contributed by atoms with Gasteiger partial charge in [0.25, 0.3) is 0 Å². The van der Waals surface area contributed by atoms with Crippen LogP contribution in [0.15, 0.2) is 18.2 Å². The molecule has 27 heavy (non-hydrogen) atoms. The molecule has 1 aromatic carbocycles. The highest BCUT2D eigenvalue weighted by Gasteiger charge is 2.24. The van der Waals surface area contributed by atoms with Crippen molar-refractivity contribution in [2.75, 3.05) is 19.7 Å². The first kappa shape index (κ1) is 20.8. The molecule has 0 amide bonds. The third-order valence-corrected chi connectivity index (χ3v) is 4.45. The van der Waals surface area contributed by atoms with Gasteiger partial charge in [0.2, 0.25) is 0 Å². The van der Waals surface area contributed by atoms with Crippen LogP contribution in [0.4, 0.5) is 8.78 Å². The van der Waals surface area contributed by atoms with Crippen LogP contribution in [0.3, 0.4) is 0 Å². The van der Waals surface area contributed by atoms with Gasteiger partial charge in [-0.1, -0.05) is 13.0 Å². The number of nitrogens with one attached hydrogen (secondary N) is 1. The second-order valence-corrected chi connectivity index (χ2v) is 6.27. The molecule has 1 aromatic heterocycles. The maximum Gasteiger partial charge on any atom is 0.340 e. The van der Waals surface area contributed by atoms with Gasteiger partial charge < -0.3 is 9.72 Å². The van der Waals surface area contributed by atoms with Crippen LogP contribution in [-0.2, 0) is 11.3 Å². The molecule has 0 spiro atoms. The van der Waals surface area contributed by atoms with Gasteiger partial charge in [-0.2, -0.15) is 0 Å². The number of halogens is 2. The Morgan fingerprint density at radius 2 is 1.78 bits per heavy atom. The summed E-state index contributed by atoms with van der Waals surface area (Å²) in [7, 11) is 0. The van der Waals surface area contributed by atoms with Crippen molar-refractivity contribution in [3.05, 3.63) is 57.9 Å². The molecule has 0 aliphatic carbocycles. The van der Waals surface area contributed by atoms with Gasteiger partial charge in [-0.3, -0.25) is 9.69 Å². The van der Waals surface area contributed by atoms with E-state index in [1.165, 1.54) is 18.2 Å². The lowest BCUT2D eigenvalue weighted by atomic mass is 10.1. The Morgan fingerprint density at radius 3 is 2.33 bits per heavy atom. The number of Topliss-reactive ketones (excluding diaryl/α,β-unsaturated/α-hetero) is 1. The van der Waals surface area contributed by atoms with E-state index in [0.29, 0.717) is 29.1 Å². The van der Waals surface area contributed by atoms with Gasteiger partial charge in [-0.15, -0.1) is 0 Å². The van der Waals surface area contributed by atoms with Crippen LogP contribution in [0.2, 0.25) is 0 Å². The van der Waals surface area contributed by atoms with Crippen molar-refractivity contribution < 1.29 is 23.1 Å². The molecule has 2 aromatic rings. The van der Waals surface area contributed by atoms with Crippen molar-refractivity contribution in [2.45, 2.75) is 34.2 Å². The summed E-state index contributed by atoms with van der Waals surface area (Å²) in [5.74, 6) is -2.02. The zero-order chi connectivity index (χ0) is 20.1. The molecular formula is C20H24F2N2O3. The van der Waals surface area contributed by atoms with Gasteiger partial charge in [0, 0.05) is 17.8 Å². The van der Waals surface area contributed by atoms with E-state index >= 15 is 0 Å². The SMILES string of the molecule is CCOC(=O)c1c(C)[nH]c(C(=O)CN(CC)Cc2c(F)cccc2F)c1C. The highest BCUT2D eigenvalue weighted by atomic mass is 19.1. The fourth-order valence-electron chi connectivity index (χ4n) is 3.01. The van der Waals surface area contributed by atoms with Crippen molar-refractivity contribution in [1.29, 1.82) is 0 Å². The summed E-state index contributed by atoms with van der Waals surface area (Å²) in [6.45, 7) is 7.51. The molecule has 0 unspecified atom stereocenters. The average molecular weight is 378 g/mol. The zero-order valence-corrected chi connectivity index (χ0v) is 16.0. The second kappa shape index (κ2) is 8.90. The summed E-state index contributed by atoms with van der Waals surface area (Å²) in [6.07, 6.45) is 0. The molecule has 0 saturated carbocycles. The number of ether oxygens (including phenoxy) is 1. The Bertz CT molecular complexity index is 826. The molecule has 0 saturated heterocycles. The lowest BCUT2D eigenvalue weighted by Crippen LogP contribution is -2.30. The van der Waals surface area contributed by atoms with E-state index in [-0.39, 0.29) is 31.0 Å². The summed E-state index contributed by atoms with van der Waals surface area (Å²) in [5, 5.41) is 0. The third kappa shape index (κ3) is 4.60. The van der Waals surface area contributed by atoms with E-state index < -0.39 is 17.6 Å². The summed E-state index contributed by atoms with van der Waals surface area (Å²) >= 11 is 0. The molecule has 7 heteroatoms. The number of carbonyl (C=O) groups excluding carboxylic acids is 2. The molecule has 0 bridgehead atoms. The number of aromatic amines is 1. The van der Waals surface area contributed by atoms with E-state index in [4.69, 9.17) is 4.74 Å². The predicted molar refractivity (Wildman–Crippen MR) is 97.9 cm³/mol. The number of rotatable bonds is 8. The van der Waals surface area contributed by atoms with Gasteiger partial charge in [-0.25, -0.2) is 13.6 Å². The zero-order valence-electron chi connectivity index (χ0n) is 16.0. The van der Waals surface area contributed by atoms with Crippen LogP contribution in [0.25, 0.3) is 0 Å². The first-order chi connectivity index (χ1) is 12.8. The van der Waals surface area contributed by atoms with E-state index in [2.05, 4.69) is 4.98 Å². The Balaban J connectivity index is 2.20. The maximum absolute atomic E-state index is 13.9. The Morgan fingerprint density at radius 1 is 1.15 bits per heavy atom. The lowest BCUT2D eigenvalue weighted by Gasteiger charge is -2.20. The number of likely N-dealkylation sites (N-methyl/N-ethyl adjacent to an activating group) is 1. The van der Waals surface area contributed by atoms with Crippen molar-refractivity contribution in [3.63, 3.8) is 0 Å². The summed E-state index contributed by atoms with van der Waals surface area (Å²) in [5.41, 5.74) is 1.66. The molecule has 0 aliphatic heterocycles. The quantitative estimate of drug-likeness (QED) is 0.561. The van der Waals surface area contributed by atoms with E-state index in [1.807, 2.05) is 6.92 Å². The molecule has 1 heterocycles. The molecule has 146 valence electrons. The van der Waals surface area contributed by atoms with E-state index in [0.717, 1.165) is 0 Å². The van der Waals surface area contributed by atoms with Crippen LogP contribution in [-0.4, -0.2) is 41.3 Å². The van der Waals surface area contributed by atoms with Crippen LogP contribution in [0, 0.1) is 25.5 Å². The van der Waals surface area contributed by atoms with E-state index in [1.54, 1.807) is 25.7 Å². The largest absolute Gasteiger partial charge is 0.462 e. The average Bonchev–Trinajstić information content (AvgIpc) is 2.91. The summed E-state index contributed by atoms with van der Waals surface area (Å²) in [4.78, 5) is 29.4. The molecule has 0 radical (unpaired) electrons. The fraction of sp³-hybridized carbons (Fsp3) is 0.400. The molecule has 0 atom stereocenters. The minimum absolute atomic E-state index is 0.0236. The minimum Gasteiger partial charge on any atom is -0.462 e. The number of aromatic nitrogens is 1. The maximum atomic E-state index is 13.9. The normalized spacial score (nSPS) is 11.1. The molecule has 5 nitrogen and oxygen atoms in total. The van der Waals surface area contributed by atoms with Gasteiger partial charge in [0.1, 0.15) is 11.6 Å². The lowest BCUT2D eigenvalue weighted by molar-refractivity contribution is 0.0525. The highest BCUT2D eigenvalue weighted by molar-refractivity contribution is 6.02. The van der Waals surface area contributed by atoms with Gasteiger partial charge in [-0.05, 0) is 45.0 Å². The number of esters is 1. The molecule has 1 N–H and O–H groups in total.